The van der Waals surface area contributed by atoms with Crippen molar-refractivity contribution in [3.8, 4) is 0 Å². The van der Waals surface area contributed by atoms with Gasteiger partial charge in [-0.05, 0) is 42.7 Å². The first-order valence-electron chi connectivity index (χ1n) is 9.63. The molecule has 2 aromatic carbocycles. The van der Waals surface area contributed by atoms with Gasteiger partial charge in [0.2, 0.25) is 0 Å². The van der Waals surface area contributed by atoms with E-state index in [2.05, 4.69) is 15.5 Å². The van der Waals surface area contributed by atoms with Gasteiger partial charge in [-0.3, -0.25) is 4.79 Å². The molecule has 3 aromatic rings. The number of piperazine rings is 1. The highest BCUT2D eigenvalue weighted by atomic mass is 32.1. The zero-order chi connectivity index (χ0) is 19.1. The molecule has 5 rings (SSSR count). The lowest BCUT2D eigenvalue weighted by Gasteiger charge is -2.26. The van der Waals surface area contributed by atoms with Gasteiger partial charge in [0.1, 0.15) is 5.82 Å². The number of aryl methyl sites for hydroxylation is 1. The number of hydrogen-bond donors (Lipinski definition) is 2. The van der Waals surface area contributed by atoms with Gasteiger partial charge in [0, 0.05) is 37.3 Å². The fraction of sp³-hybridized carbons (Fsp3) is 0.333. The Morgan fingerprint density at radius 2 is 2.11 bits per heavy atom. The van der Waals surface area contributed by atoms with E-state index in [1.807, 2.05) is 18.2 Å². The third-order valence-corrected chi connectivity index (χ3v) is 6.61. The molecular formula is C21H21FN4OS. The number of thiazole rings is 1. The monoisotopic (exact) mass is 396 g/mol. The van der Waals surface area contributed by atoms with Gasteiger partial charge >= 0.3 is 0 Å². The van der Waals surface area contributed by atoms with Crippen LogP contribution in [-0.2, 0) is 6.42 Å². The lowest BCUT2D eigenvalue weighted by atomic mass is 10.1. The van der Waals surface area contributed by atoms with E-state index in [0.717, 1.165) is 59.9 Å². The van der Waals surface area contributed by atoms with Gasteiger partial charge in [-0.25, -0.2) is 9.37 Å². The average Bonchev–Trinajstić information content (AvgIpc) is 3.33. The van der Waals surface area contributed by atoms with Gasteiger partial charge in [0.15, 0.2) is 5.13 Å². The molecule has 0 spiro atoms. The molecule has 0 unspecified atom stereocenters. The Hall–Kier alpha value is -2.51. The van der Waals surface area contributed by atoms with Gasteiger partial charge in [0.05, 0.1) is 16.3 Å². The van der Waals surface area contributed by atoms with Crippen LogP contribution in [0.4, 0.5) is 9.52 Å². The molecular weight excluding hydrogens is 375 g/mol. The van der Waals surface area contributed by atoms with Crippen LogP contribution in [0.2, 0.25) is 0 Å². The Labute approximate surface area is 166 Å². The summed E-state index contributed by atoms with van der Waals surface area (Å²) in [5.74, 6) is -0.404. The van der Waals surface area contributed by atoms with Crippen molar-refractivity contribution < 1.29 is 9.18 Å². The first-order valence-corrected chi connectivity index (χ1v) is 10.4. The summed E-state index contributed by atoms with van der Waals surface area (Å²) < 4.78 is 15.2. The quantitative estimate of drug-likeness (QED) is 0.714. The number of hydrogen-bond acceptors (Lipinski definition) is 5. The molecule has 0 radical (unpaired) electrons. The Morgan fingerprint density at radius 1 is 1.25 bits per heavy atom. The van der Waals surface area contributed by atoms with E-state index in [0.29, 0.717) is 11.1 Å². The lowest BCUT2D eigenvalue weighted by molar-refractivity contribution is 0.0936. The highest BCUT2D eigenvalue weighted by Crippen LogP contribution is 2.34. The molecule has 1 amide bonds. The van der Waals surface area contributed by atoms with Crippen LogP contribution in [0.1, 0.15) is 33.9 Å². The van der Waals surface area contributed by atoms with Gasteiger partial charge in [-0.1, -0.05) is 23.5 Å². The largest absolute Gasteiger partial charge is 0.346 e. The van der Waals surface area contributed by atoms with Crippen LogP contribution < -0.4 is 15.5 Å². The molecule has 1 aliphatic carbocycles. The molecule has 1 atom stereocenters. The molecule has 1 aliphatic heterocycles. The number of benzene rings is 2. The zero-order valence-electron chi connectivity index (χ0n) is 15.4. The van der Waals surface area contributed by atoms with E-state index in [-0.39, 0.29) is 17.8 Å². The summed E-state index contributed by atoms with van der Waals surface area (Å²) in [4.78, 5) is 19.8. The molecule has 144 valence electrons. The Morgan fingerprint density at radius 3 is 2.96 bits per heavy atom. The average molecular weight is 396 g/mol. The molecule has 1 aromatic heterocycles. The van der Waals surface area contributed by atoms with Crippen molar-refractivity contribution in [1.82, 2.24) is 15.6 Å². The molecule has 0 bridgehead atoms. The second-order valence-electron chi connectivity index (χ2n) is 7.29. The number of rotatable bonds is 3. The third-order valence-electron chi connectivity index (χ3n) is 5.53. The van der Waals surface area contributed by atoms with E-state index < -0.39 is 0 Å². The molecule has 1 fully saturated rings. The number of halogens is 1. The summed E-state index contributed by atoms with van der Waals surface area (Å²) in [5, 5.41) is 7.36. The van der Waals surface area contributed by atoms with Crippen molar-refractivity contribution in [1.29, 1.82) is 0 Å². The Kier molecular flexibility index (Phi) is 4.49. The predicted octanol–water partition coefficient (Wildman–Crippen LogP) is 3.26. The van der Waals surface area contributed by atoms with Gasteiger partial charge in [-0.2, -0.15) is 0 Å². The normalized spacial score (nSPS) is 19.0. The first-order chi connectivity index (χ1) is 13.7. The molecule has 2 aliphatic rings. The third kappa shape index (κ3) is 3.14. The van der Waals surface area contributed by atoms with Gasteiger partial charge in [-0.15, -0.1) is 0 Å². The number of carbonyl (C=O) groups is 1. The number of nitrogens with one attached hydrogen (secondary N) is 2. The number of fused-ring (bicyclic) bond motifs is 2. The van der Waals surface area contributed by atoms with Crippen molar-refractivity contribution in [2.24, 2.45) is 0 Å². The topological polar surface area (TPSA) is 57.3 Å². The van der Waals surface area contributed by atoms with Crippen molar-refractivity contribution in [2.75, 3.05) is 31.1 Å². The molecule has 2 heterocycles. The molecule has 1 saturated heterocycles. The maximum atomic E-state index is 14.2. The fourth-order valence-corrected chi connectivity index (χ4v) is 5.12. The van der Waals surface area contributed by atoms with Crippen LogP contribution in [0.3, 0.4) is 0 Å². The molecule has 5 nitrogen and oxygen atoms in total. The maximum Gasteiger partial charge on any atom is 0.251 e. The fourth-order valence-electron chi connectivity index (χ4n) is 4.07. The minimum absolute atomic E-state index is 0.167. The molecule has 7 heteroatoms. The number of nitrogens with zero attached hydrogens (tertiary/aromatic N) is 2. The highest BCUT2D eigenvalue weighted by Gasteiger charge is 2.27. The van der Waals surface area contributed by atoms with Crippen molar-refractivity contribution in [3.05, 3.63) is 58.9 Å². The summed E-state index contributed by atoms with van der Waals surface area (Å²) in [6.45, 7) is 3.81. The molecule has 0 saturated carbocycles. The molecule has 2 N–H and O–H groups in total. The van der Waals surface area contributed by atoms with Gasteiger partial charge in [0.25, 0.3) is 5.91 Å². The standard InChI is InChI=1S/C21H21FN4OS/c22-15-3-1-2-13-4-7-17(19(13)15)24-20(27)14-5-6-16-18(12-14)28-21(25-16)26-10-8-23-9-11-26/h1-3,5-6,12,17,23H,4,7-11H2,(H,24,27)/t17-/m1/s1. The van der Waals surface area contributed by atoms with Gasteiger partial charge < -0.3 is 15.5 Å². The second-order valence-corrected chi connectivity index (χ2v) is 8.30. The van der Waals surface area contributed by atoms with E-state index in [4.69, 9.17) is 4.98 Å². The highest BCUT2D eigenvalue weighted by molar-refractivity contribution is 7.22. The SMILES string of the molecule is O=C(N[C@@H]1CCc2cccc(F)c21)c1ccc2nc(N3CCNCC3)sc2c1. The van der Waals surface area contributed by atoms with E-state index in [1.165, 1.54) is 6.07 Å². The number of aromatic nitrogens is 1. The van der Waals surface area contributed by atoms with Crippen LogP contribution in [-0.4, -0.2) is 37.1 Å². The first kappa shape index (κ1) is 17.6. The minimum Gasteiger partial charge on any atom is -0.346 e. The summed E-state index contributed by atoms with van der Waals surface area (Å²) in [5.41, 5.74) is 3.12. The number of anilines is 1. The van der Waals surface area contributed by atoms with E-state index >= 15 is 0 Å². The molecule has 28 heavy (non-hydrogen) atoms. The minimum atomic E-state index is -0.266. The van der Waals surface area contributed by atoms with Crippen LogP contribution in [0.25, 0.3) is 10.2 Å². The smallest absolute Gasteiger partial charge is 0.251 e. The zero-order valence-corrected chi connectivity index (χ0v) is 16.2. The van der Waals surface area contributed by atoms with Crippen LogP contribution in [0, 0.1) is 5.82 Å². The van der Waals surface area contributed by atoms with Crippen LogP contribution >= 0.6 is 11.3 Å². The van der Waals surface area contributed by atoms with Crippen molar-refractivity contribution in [3.63, 3.8) is 0 Å². The summed E-state index contributed by atoms with van der Waals surface area (Å²) in [6.07, 6.45) is 1.53. The lowest BCUT2D eigenvalue weighted by Crippen LogP contribution is -2.43. The number of carbonyl (C=O) groups excluding carboxylic acids is 1. The Balaban J connectivity index is 1.37. The van der Waals surface area contributed by atoms with Crippen molar-refractivity contribution >= 4 is 32.6 Å². The second kappa shape index (κ2) is 7.14. The predicted molar refractivity (Wildman–Crippen MR) is 110 cm³/mol. The van der Waals surface area contributed by atoms with Crippen molar-refractivity contribution in [2.45, 2.75) is 18.9 Å². The van der Waals surface area contributed by atoms with Crippen LogP contribution in [0.15, 0.2) is 36.4 Å². The maximum absolute atomic E-state index is 14.2. The van der Waals surface area contributed by atoms with E-state index in [9.17, 15) is 9.18 Å². The summed E-state index contributed by atoms with van der Waals surface area (Å²) in [6, 6.07) is 10.5. The van der Waals surface area contributed by atoms with E-state index in [1.54, 1.807) is 23.5 Å². The Bertz CT molecular complexity index is 1040. The number of amides is 1. The summed E-state index contributed by atoms with van der Waals surface area (Å²) >= 11 is 1.62. The van der Waals surface area contributed by atoms with Crippen LogP contribution in [0.5, 0.6) is 0 Å². The summed E-state index contributed by atoms with van der Waals surface area (Å²) in [7, 11) is 0.